The van der Waals surface area contributed by atoms with E-state index >= 15 is 0 Å². The lowest BCUT2D eigenvalue weighted by atomic mass is 10.0. The van der Waals surface area contributed by atoms with Gasteiger partial charge in [-0.15, -0.1) is 0 Å². The van der Waals surface area contributed by atoms with Gasteiger partial charge in [-0.25, -0.2) is 9.59 Å². The molecule has 148 valence electrons. The van der Waals surface area contributed by atoms with Crippen molar-refractivity contribution >= 4 is 11.9 Å². The van der Waals surface area contributed by atoms with Gasteiger partial charge in [-0.2, -0.15) is 0 Å². The van der Waals surface area contributed by atoms with E-state index in [1.807, 2.05) is 30.3 Å². The van der Waals surface area contributed by atoms with Gasteiger partial charge in [0.15, 0.2) is 0 Å². The summed E-state index contributed by atoms with van der Waals surface area (Å²) in [6.07, 6.45) is 0. The third-order valence-corrected chi connectivity index (χ3v) is 4.30. The third kappa shape index (κ3) is 4.73. The highest BCUT2D eigenvalue weighted by atomic mass is 16.5. The summed E-state index contributed by atoms with van der Waals surface area (Å²) in [6, 6.07) is 18.9. The zero-order valence-corrected chi connectivity index (χ0v) is 16.0. The van der Waals surface area contributed by atoms with Crippen molar-refractivity contribution in [3.63, 3.8) is 0 Å². The second-order valence-corrected chi connectivity index (χ2v) is 6.24. The Morgan fingerprint density at radius 2 is 1.55 bits per heavy atom. The fourth-order valence-electron chi connectivity index (χ4n) is 2.85. The molecule has 1 N–H and O–H groups in total. The first-order valence-electron chi connectivity index (χ1n) is 8.83. The van der Waals surface area contributed by atoms with Gasteiger partial charge in [0, 0.05) is 0 Å². The van der Waals surface area contributed by atoms with Gasteiger partial charge in [0.1, 0.15) is 23.7 Å². The minimum absolute atomic E-state index is 0.0771. The molecule has 3 aromatic carbocycles. The van der Waals surface area contributed by atoms with Crippen molar-refractivity contribution in [1.29, 1.82) is 0 Å². The summed E-state index contributed by atoms with van der Waals surface area (Å²) in [7, 11) is 2.57. The van der Waals surface area contributed by atoms with Gasteiger partial charge in [-0.05, 0) is 47.0 Å². The number of ether oxygens (including phenoxy) is 3. The van der Waals surface area contributed by atoms with Crippen molar-refractivity contribution in [1.82, 2.24) is 0 Å². The molecule has 0 aromatic heterocycles. The molecule has 0 amide bonds. The molecule has 3 aromatic rings. The second-order valence-electron chi connectivity index (χ2n) is 6.24. The Kier molecular flexibility index (Phi) is 6.14. The molecule has 0 spiro atoms. The van der Waals surface area contributed by atoms with E-state index < -0.39 is 11.9 Å². The summed E-state index contributed by atoms with van der Waals surface area (Å²) in [6.45, 7) is 0.266. The van der Waals surface area contributed by atoms with Crippen LogP contribution >= 0.6 is 0 Å². The minimum Gasteiger partial charge on any atom is -0.508 e. The maximum absolute atomic E-state index is 12.1. The van der Waals surface area contributed by atoms with Gasteiger partial charge in [-0.3, -0.25) is 0 Å². The molecule has 0 radical (unpaired) electrons. The van der Waals surface area contributed by atoms with Crippen LogP contribution in [0, 0.1) is 0 Å². The first-order valence-corrected chi connectivity index (χ1v) is 8.83. The summed E-state index contributed by atoms with van der Waals surface area (Å²) >= 11 is 0. The molecule has 6 nitrogen and oxygen atoms in total. The van der Waals surface area contributed by atoms with Gasteiger partial charge in [0.25, 0.3) is 0 Å². The normalized spacial score (nSPS) is 10.3. The van der Waals surface area contributed by atoms with E-state index in [4.69, 9.17) is 14.2 Å². The molecule has 0 aliphatic rings. The lowest BCUT2D eigenvalue weighted by Crippen LogP contribution is -2.06. The van der Waals surface area contributed by atoms with Crippen LogP contribution in [0.25, 0.3) is 11.1 Å². The minimum atomic E-state index is -0.561. The van der Waals surface area contributed by atoms with Crippen molar-refractivity contribution in [3.8, 4) is 22.6 Å². The molecular formula is C23H20O6. The predicted molar refractivity (Wildman–Crippen MR) is 107 cm³/mol. The van der Waals surface area contributed by atoms with Crippen molar-refractivity contribution in [2.75, 3.05) is 14.2 Å². The number of carbonyl (C=O) groups is 2. The third-order valence-electron chi connectivity index (χ3n) is 4.30. The van der Waals surface area contributed by atoms with E-state index in [1.165, 1.54) is 26.4 Å². The van der Waals surface area contributed by atoms with E-state index in [1.54, 1.807) is 24.3 Å². The molecule has 0 saturated carbocycles. The Balaban J connectivity index is 1.99. The van der Waals surface area contributed by atoms with Crippen molar-refractivity contribution in [2.45, 2.75) is 6.61 Å². The van der Waals surface area contributed by atoms with E-state index in [2.05, 4.69) is 0 Å². The van der Waals surface area contributed by atoms with E-state index in [0.717, 1.165) is 5.56 Å². The van der Waals surface area contributed by atoms with E-state index in [0.29, 0.717) is 16.9 Å². The molecule has 0 heterocycles. The Morgan fingerprint density at radius 1 is 0.828 bits per heavy atom. The molecule has 0 saturated heterocycles. The average molecular weight is 392 g/mol. The number of benzene rings is 3. The number of esters is 2. The lowest BCUT2D eigenvalue weighted by molar-refractivity contribution is 0.0589. The van der Waals surface area contributed by atoms with Crippen LogP contribution in [0.15, 0.2) is 66.7 Å². The summed E-state index contributed by atoms with van der Waals surface area (Å²) in [5.74, 6) is -0.826. The zero-order valence-electron chi connectivity index (χ0n) is 16.0. The van der Waals surface area contributed by atoms with Gasteiger partial charge in [0.05, 0.1) is 19.8 Å². The molecule has 0 unspecified atom stereocenters. The molecule has 0 atom stereocenters. The number of phenols is 1. The van der Waals surface area contributed by atoms with Crippen LogP contribution in [0.3, 0.4) is 0 Å². The Hall–Kier alpha value is -3.80. The lowest BCUT2D eigenvalue weighted by Gasteiger charge is -2.13. The zero-order chi connectivity index (χ0) is 20.8. The number of methoxy groups -OCH3 is 2. The van der Waals surface area contributed by atoms with Crippen molar-refractivity contribution in [2.24, 2.45) is 0 Å². The Labute approximate surface area is 168 Å². The first kappa shape index (κ1) is 19.9. The van der Waals surface area contributed by atoms with Crippen molar-refractivity contribution in [3.05, 3.63) is 83.4 Å². The molecule has 0 bridgehead atoms. The monoisotopic (exact) mass is 392 g/mol. The topological polar surface area (TPSA) is 82.1 Å². The Morgan fingerprint density at radius 3 is 2.24 bits per heavy atom. The number of rotatable bonds is 6. The summed E-state index contributed by atoms with van der Waals surface area (Å²) < 4.78 is 15.4. The van der Waals surface area contributed by atoms with Crippen LogP contribution in [0.4, 0.5) is 0 Å². The summed E-state index contributed by atoms with van der Waals surface area (Å²) in [5.41, 5.74) is 2.67. The van der Waals surface area contributed by atoms with Gasteiger partial charge in [0.2, 0.25) is 0 Å². The van der Waals surface area contributed by atoms with Crippen LogP contribution < -0.4 is 4.74 Å². The fraction of sp³-hybridized carbons (Fsp3) is 0.130. The molecular weight excluding hydrogens is 372 g/mol. The van der Waals surface area contributed by atoms with Gasteiger partial charge in [-0.1, -0.05) is 36.4 Å². The smallest absolute Gasteiger partial charge is 0.341 e. The summed E-state index contributed by atoms with van der Waals surface area (Å²) in [4.78, 5) is 24.0. The van der Waals surface area contributed by atoms with Crippen LogP contribution in [-0.4, -0.2) is 31.3 Å². The molecule has 29 heavy (non-hydrogen) atoms. The fourth-order valence-corrected chi connectivity index (χ4v) is 2.85. The number of carbonyl (C=O) groups excluding carboxylic acids is 2. The van der Waals surface area contributed by atoms with Crippen molar-refractivity contribution < 1.29 is 28.9 Å². The average Bonchev–Trinajstić information content (AvgIpc) is 2.76. The molecule has 3 rings (SSSR count). The number of phenolic OH excluding ortho intramolecular Hbond substituents is 1. The first-order chi connectivity index (χ1) is 14.0. The quantitative estimate of drug-likeness (QED) is 0.633. The summed E-state index contributed by atoms with van der Waals surface area (Å²) in [5, 5.41) is 9.99. The number of hydrogen-bond donors (Lipinski definition) is 1. The molecule has 6 heteroatoms. The standard InChI is InChI=1S/C23H20O6/c1-27-22(25)18-10-17(11-19(24)12-18)16-8-9-20(23(26)28-2)21(13-16)29-14-15-6-4-3-5-7-15/h3-13,24H,14H2,1-2H3. The predicted octanol–water partition coefficient (Wildman–Crippen LogP) is 4.21. The van der Waals surface area contributed by atoms with Crippen LogP contribution in [-0.2, 0) is 16.1 Å². The van der Waals surface area contributed by atoms with Gasteiger partial charge < -0.3 is 19.3 Å². The number of hydrogen-bond acceptors (Lipinski definition) is 6. The molecule has 0 fully saturated rings. The largest absolute Gasteiger partial charge is 0.508 e. The van der Waals surface area contributed by atoms with Crippen LogP contribution in [0.5, 0.6) is 11.5 Å². The molecule has 0 aliphatic heterocycles. The van der Waals surface area contributed by atoms with E-state index in [9.17, 15) is 14.7 Å². The van der Waals surface area contributed by atoms with Gasteiger partial charge >= 0.3 is 11.9 Å². The highest BCUT2D eigenvalue weighted by Crippen LogP contribution is 2.31. The Bertz CT molecular complexity index is 1030. The molecule has 0 aliphatic carbocycles. The highest BCUT2D eigenvalue weighted by molar-refractivity contribution is 5.94. The van der Waals surface area contributed by atoms with Crippen LogP contribution in [0.1, 0.15) is 26.3 Å². The van der Waals surface area contributed by atoms with E-state index in [-0.39, 0.29) is 23.5 Å². The maximum Gasteiger partial charge on any atom is 0.341 e. The SMILES string of the molecule is COC(=O)c1cc(O)cc(-c2ccc(C(=O)OC)c(OCc3ccccc3)c2)c1. The van der Waals surface area contributed by atoms with Crippen LogP contribution in [0.2, 0.25) is 0 Å². The highest BCUT2D eigenvalue weighted by Gasteiger charge is 2.16. The number of aromatic hydroxyl groups is 1. The second kappa shape index (κ2) is 8.93. The maximum atomic E-state index is 12.1.